The van der Waals surface area contributed by atoms with Crippen molar-refractivity contribution < 1.29 is 10.2 Å². The molecule has 1 saturated carbocycles. The lowest BCUT2D eigenvalue weighted by Crippen LogP contribution is -2.23. The molecule has 4 aromatic rings. The van der Waals surface area contributed by atoms with E-state index in [9.17, 15) is 10.2 Å². The number of aromatic amines is 1. The summed E-state index contributed by atoms with van der Waals surface area (Å²) in [7, 11) is 0. The first-order valence-corrected chi connectivity index (χ1v) is 11.0. The van der Waals surface area contributed by atoms with Gasteiger partial charge >= 0.3 is 0 Å². The van der Waals surface area contributed by atoms with Crippen LogP contribution in [0.1, 0.15) is 48.4 Å². The molecule has 0 spiro atoms. The zero-order valence-electron chi connectivity index (χ0n) is 17.5. The van der Waals surface area contributed by atoms with Crippen LogP contribution < -0.4 is 16.0 Å². The van der Waals surface area contributed by atoms with Gasteiger partial charge in [-0.3, -0.25) is 9.98 Å². The van der Waals surface area contributed by atoms with Crippen molar-refractivity contribution in [3.8, 4) is 11.8 Å². The highest BCUT2D eigenvalue weighted by molar-refractivity contribution is 5.62. The molecule has 8 heteroatoms. The fraction of sp³-hybridized carbons (Fsp3) is 0.292. The maximum absolute atomic E-state index is 10.0. The van der Waals surface area contributed by atoms with Gasteiger partial charge in [-0.05, 0) is 49.3 Å². The van der Waals surface area contributed by atoms with E-state index >= 15 is 0 Å². The minimum Gasteiger partial charge on any atom is -0.494 e. The van der Waals surface area contributed by atoms with E-state index in [4.69, 9.17) is 9.98 Å². The highest BCUT2D eigenvalue weighted by Crippen LogP contribution is 2.32. The van der Waals surface area contributed by atoms with E-state index < -0.39 is 0 Å². The number of hydrogen-bond acceptors (Lipinski definition) is 6. The van der Waals surface area contributed by atoms with Crippen molar-refractivity contribution in [1.29, 1.82) is 0 Å². The molecule has 6 rings (SSSR count). The van der Waals surface area contributed by atoms with E-state index in [0.717, 1.165) is 48.6 Å². The highest BCUT2D eigenvalue weighted by atomic mass is 16.3. The van der Waals surface area contributed by atoms with Crippen LogP contribution in [0.3, 0.4) is 0 Å². The molecular formula is C24H24N6O2. The van der Waals surface area contributed by atoms with Crippen LogP contribution in [-0.2, 0) is 6.42 Å². The Bertz CT molecular complexity index is 1430. The fourth-order valence-electron chi connectivity index (χ4n) is 4.43. The molecule has 2 aliphatic rings. The van der Waals surface area contributed by atoms with Crippen LogP contribution in [-0.4, -0.2) is 35.8 Å². The van der Waals surface area contributed by atoms with Crippen LogP contribution in [0.15, 0.2) is 47.6 Å². The van der Waals surface area contributed by atoms with E-state index in [1.165, 1.54) is 17.2 Å². The second kappa shape index (κ2) is 7.40. The lowest BCUT2D eigenvalue weighted by atomic mass is 9.88. The highest BCUT2D eigenvalue weighted by Gasteiger charge is 2.22. The summed E-state index contributed by atoms with van der Waals surface area (Å²) in [6.07, 6.45) is 8.95. The van der Waals surface area contributed by atoms with Crippen molar-refractivity contribution in [1.82, 2.24) is 19.6 Å². The van der Waals surface area contributed by atoms with E-state index in [1.54, 1.807) is 16.8 Å². The number of nitrogens with one attached hydrogen (secondary N) is 2. The SMILES string of the molecule is Oc1cc(C=c2cnn3c(=NC4CC4)cc(NC4CCCc5ccccc54)nc23)c(O)[nH]1. The number of H-pyrrole nitrogens is 1. The summed E-state index contributed by atoms with van der Waals surface area (Å²) in [5.41, 5.74) is 4.61. The van der Waals surface area contributed by atoms with Gasteiger partial charge in [0.1, 0.15) is 5.82 Å². The van der Waals surface area contributed by atoms with Crippen molar-refractivity contribution in [2.75, 3.05) is 5.32 Å². The average Bonchev–Trinajstić information content (AvgIpc) is 3.42. The quantitative estimate of drug-likeness (QED) is 0.399. The number of rotatable bonds is 4. The summed E-state index contributed by atoms with van der Waals surface area (Å²) in [5, 5.41) is 28.5. The molecule has 4 N–H and O–H groups in total. The van der Waals surface area contributed by atoms with Crippen LogP contribution >= 0.6 is 0 Å². The Morgan fingerprint density at radius 2 is 2.03 bits per heavy atom. The van der Waals surface area contributed by atoms with Crippen molar-refractivity contribution >= 4 is 17.5 Å². The van der Waals surface area contributed by atoms with Crippen LogP contribution in [0, 0.1) is 0 Å². The normalized spacial score (nSPS) is 19.4. The summed E-state index contributed by atoms with van der Waals surface area (Å²) >= 11 is 0. The van der Waals surface area contributed by atoms with Crippen molar-refractivity contribution in [2.45, 2.75) is 44.2 Å². The van der Waals surface area contributed by atoms with E-state index in [-0.39, 0.29) is 17.8 Å². The molecule has 32 heavy (non-hydrogen) atoms. The molecule has 0 aliphatic heterocycles. The number of aromatic hydroxyl groups is 2. The minimum absolute atomic E-state index is 0.0964. The first kappa shape index (κ1) is 18.9. The smallest absolute Gasteiger partial charge is 0.198 e. The first-order valence-electron chi connectivity index (χ1n) is 11.0. The van der Waals surface area contributed by atoms with Crippen LogP contribution in [0.25, 0.3) is 11.7 Å². The number of hydrogen-bond donors (Lipinski definition) is 4. The molecular weight excluding hydrogens is 404 g/mol. The molecule has 162 valence electrons. The summed E-state index contributed by atoms with van der Waals surface area (Å²) in [4.78, 5) is 12.2. The molecule has 1 atom stereocenters. The third-order valence-corrected chi connectivity index (χ3v) is 6.16. The Hall–Kier alpha value is -3.81. The lowest BCUT2D eigenvalue weighted by molar-refractivity contribution is 0.425. The van der Waals surface area contributed by atoms with Crippen molar-refractivity contribution in [2.24, 2.45) is 4.99 Å². The van der Waals surface area contributed by atoms with Gasteiger partial charge in [0.25, 0.3) is 0 Å². The first-order chi connectivity index (χ1) is 15.6. The zero-order valence-corrected chi connectivity index (χ0v) is 17.5. The molecule has 1 aromatic carbocycles. The third-order valence-electron chi connectivity index (χ3n) is 6.16. The molecule has 0 saturated heterocycles. The molecule has 3 aromatic heterocycles. The van der Waals surface area contributed by atoms with Gasteiger partial charge in [0, 0.05) is 22.9 Å². The Kier molecular flexibility index (Phi) is 4.38. The van der Waals surface area contributed by atoms with Crippen molar-refractivity contribution in [3.63, 3.8) is 0 Å². The lowest BCUT2D eigenvalue weighted by Gasteiger charge is -2.26. The monoisotopic (exact) mass is 428 g/mol. The van der Waals surface area contributed by atoms with Gasteiger partial charge in [0.15, 0.2) is 22.9 Å². The number of fused-ring (bicyclic) bond motifs is 2. The largest absolute Gasteiger partial charge is 0.494 e. The molecule has 8 nitrogen and oxygen atoms in total. The van der Waals surface area contributed by atoms with Gasteiger partial charge in [-0.15, -0.1) is 0 Å². The predicted octanol–water partition coefficient (Wildman–Crippen LogP) is 2.57. The molecule has 0 radical (unpaired) electrons. The van der Waals surface area contributed by atoms with Gasteiger partial charge < -0.3 is 15.5 Å². The van der Waals surface area contributed by atoms with Crippen LogP contribution in [0.2, 0.25) is 0 Å². The fourth-order valence-corrected chi connectivity index (χ4v) is 4.43. The van der Waals surface area contributed by atoms with Gasteiger partial charge in [0.05, 0.1) is 18.3 Å². The average molecular weight is 428 g/mol. The summed E-state index contributed by atoms with van der Waals surface area (Å²) in [5.74, 6) is 0.564. The molecule has 1 fully saturated rings. The Balaban J connectivity index is 1.47. The Morgan fingerprint density at radius 1 is 1.16 bits per heavy atom. The molecule has 3 heterocycles. The second-order valence-corrected chi connectivity index (χ2v) is 8.59. The summed E-state index contributed by atoms with van der Waals surface area (Å²) in [6.45, 7) is 0. The third kappa shape index (κ3) is 3.47. The summed E-state index contributed by atoms with van der Waals surface area (Å²) in [6, 6.07) is 12.6. The van der Waals surface area contributed by atoms with E-state index in [2.05, 4.69) is 39.7 Å². The summed E-state index contributed by atoms with van der Waals surface area (Å²) < 4.78 is 1.74. The molecule has 0 amide bonds. The second-order valence-electron chi connectivity index (χ2n) is 8.59. The van der Waals surface area contributed by atoms with Gasteiger partial charge in [0.2, 0.25) is 0 Å². The molecule has 0 bridgehead atoms. The van der Waals surface area contributed by atoms with Gasteiger partial charge in [-0.1, -0.05) is 24.3 Å². The number of anilines is 1. The topological polar surface area (TPSA) is 111 Å². The van der Waals surface area contributed by atoms with Crippen molar-refractivity contribution in [3.05, 3.63) is 70.0 Å². The maximum atomic E-state index is 10.0. The van der Waals surface area contributed by atoms with E-state index in [0.29, 0.717) is 17.3 Å². The number of aryl methyl sites for hydroxylation is 1. The number of aromatic nitrogens is 4. The van der Waals surface area contributed by atoms with Crippen LogP contribution in [0.4, 0.5) is 5.82 Å². The maximum Gasteiger partial charge on any atom is 0.198 e. The Morgan fingerprint density at radius 3 is 2.84 bits per heavy atom. The molecule has 1 unspecified atom stereocenters. The van der Waals surface area contributed by atoms with Gasteiger partial charge in [-0.25, -0.2) is 4.98 Å². The van der Waals surface area contributed by atoms with E-state index in [1.807, 2.05) is 6.07 Å². The number of benzene rings is 1. The Labute approximate surface area is 184 Å². The molecule has 2 aliphatic carbocycles. The minimum atomic E-state index is -0.0992. The predicted molar refractivity (Wildman–Crippen MR) is 120 cm³/mol. The van der Waals surface area contributed by atoms with Crippen LogP contribution in [0.5, 0.6) is 11.8 Å². The van der Waals surface area contributed by atoms with Gasteiger partial charge in [-0.2, -0.15) is 9.61 Å². The zero-order chi connectivity index (χ0) is 21.7. The standard InChI is InChI=1S/C24H24N6O2/c31-22-11-15(24(32)29-22)10-16-13-25-30-21(26-17-8-9-17)12-20(28-23(16)30)27-19-7-3-5-14-4-1-2-6-18(14)19/h1-2,4,6,10-13,17,19,27,29,31-32H,3,5,7-9H2. The number of nitrogens with zero attached hydrogens (tertiary/aromatic N) is 4.